The Morgan fingerprint density at radius 1 is 1.26 bits per heavy atom. The van der Waals surface area contributed by atoms with Crippen molar-refractivity contribution >= 4 is 17.9 Å². The fraction of sp³-hybridized carbons (Fsp3) is 0.750. The van der Waals surface area contributed by atoms with Gasteiger partial charge in [0.2, 0.25) is 5.91 Å². The van der Waals surface area contributed by atoms with E-state index in [4.69, 9.17) is 5.11 Å². The smallest absolute Gasteiger partial charge is 0.321 e. The highest BCUT2D eigenvalue weighted by atomic mass is 16.4. The van der Waals surface area contributed by atoms with E-state index in [1.165, 1.54) is 0 Å². The second-order valence-corrected chi connectivity index (χ2v) is 5.20. The second-order valence-electron chi connectivity index (χ2n) is 5.20. The average Bonchev–Trinajstić information content (AvgIpc) is 3.06. The molecule has 0 spiro atoms. The number of carboxylic acids is 1. The van der Waals surface area contributed by atoms with Crippen LogP contribution in [0, 0.1) is 5.92 Å². The molecule has 108 valence electrons. The number of amides is 3. The molecule has 4 N–H and O–H groups in total. The number of carbonyl (C=O) groups is 3. The maximum atomic E-state index is 11.4. The third-order valence-corrected chi connectivity index (χ3v) is 2.68. The van der Waals surface area contributed by atoms with Crippen LogP contribution >= 0.6 is 0 Å². The third kappa shape index (κ3) is 6.76. The van der Waals surface area contributed by atoms with Crippen LogP contribution in [0.4, 0.5) is 4.79 Å². The quantitative estimate of drug-likeness (QED) is 0.524. The molecule has 1 aliphatic carbocycles. The molecule has 0 aromatic heterocycles. The molecule has 1 saturated carbocycles. The van der Waals surface area contributed by atoms with Gasteiger partial charge in [-0.05, 0) is 25.2 Å². The lowest BCUT2D eigenvalue weighted by Gasteiger charge is -2.16. The van der Waals surface area contributed by atoms with Crippen LogP contribution in [0.5, 0.6) is 0 Å². The van der Waals surface area contributed by atoms with Gasteiger partial charge in [0.05, 0.1) is 6.54 Å². The molecule has 0 saturated heterocycles. The molecule has 19 heavy (non-hydrogen) atoms. The lowest BCUT2D eigenvalue weighted by atomic mass is 10.0. The van der Waals surface area contributed by atoms with Crippen molar-refractivity contribution in [2.24, 2.45) is 5.92 Å². The molecule has 1 rings (SSSR count). The highest BCUT2D eigenvalue weighted by Gasteiger charge is 2.24. The van der Waals surface area contributed by atoms with Crippen molar-refractivity contribution in [2.75, 3.05) is 6.54 Å². The molecule has 0 bridgehead atoms. The van der Waals surface area contributed by atoms with E-state index in [1.807, 2.05) is 13.8 Å². The van der Waals surface area contributed by atoms with Crippen LogP contribution in [0.15, 0.2) is 0 Å². The van der Waals surface area contributed by atoms with Gasteiger partial charge >= 0.3 is 12.0 Å². The minimum Gasteiger partial charge on any atom is -0.480 e. The van der Waals surface area contributed by atoms with E-state index < -0.39 is 23.9 Å². The number of hydrogen-bond donors (Lipinski definition) is 4. The molecule has 1 atom stereocenters. The van der Waals surface area contributed by atoms with Gasteiger partial charge in [0, 0.05) is 6.04 Å². The summed E-state index contributed by atoms with van der Waals surface area (Å²) >= 11 is 0. The van der Waals surface area contributed by atoms with Gasteiger partial charge in [0.1, 0.15) is 6.04 Å². The first-order chi connectivity index (χ1) is 8.88. The van der Waals surface area contributed by atoms with E-state index in [2.05, 4.69) is 16.0 Å². The maximum Gasteiger partial charge on any atom is 0.321 e. The number of aliphatic carboxylic acids is 1. The molecule has 1 unspecified atom stereocenters. The summed E-state index contributed by atoms with van der Waals surface area (Å²) in [7, 11) is 0. The van der Waals surface area contributed by atoms with E-state index in [1.54, 1.807) is 0 Å². The maximum absolute atomic E-state index is 11.4. The number of nitrogens with one attached hydrogen (secondary N) is 3. The summed E-state index contributed by atoms with van der Waals surface area (Å²) in [5.74, 6) is -1.33. The number of carbonyl (C=O) groups excluding carboxylic acids is 2. The zero-order valence-corrected chi connectivity index (χ0v) is 11.2. The predicted octanol–water partition coefficient (Wildman–Crippen LogP) is 0.0635. The summed E-state index contributed by atoms with van der Waals surface area (Å²) in [6, 6.07) is -1.13. The Labute approximate surface area is 112 Å². The van der Waals surface area contributed by atoms with Crippen LogP contribution in [0.1, 0.15) is 33.1 Å². The first-order valence-electron chi connectivity index (χ1n) is 6.45. The standard InChI is InChI=1S/C12H21N3O4/c1-7(2)5-9(11(17)18)13-6-10(16)15-12(19)14-8-3-4-8/h7-9,13H,3-6H2,1-2H3,(H,17,18)(H2,14,15,16,19). The number of rotatable bonds is 7. The Hall–Kier alpha value is -1.63. The lowest BCUT2D eigenvalue weighted by molar-refractivity contribution is -0.140. The molecular weight excluding hydrogens is 250 g/mol. The summed E-state index contributed by atoms with van der Waals surface area (Å²) < 4.78 is 0. The van der Waals surface area contributed by atoms with Gasteiger partial charge in [-0.1, -0.05) is 13.8 Å². The summed E-state index contributed by atoms with van der Waals surface area (Å²) in [6.45, 7) is 3.61. The SMILES string of the molecule is CC(C)CC(NCC(=O)NC(=O)NC1CC1)C(=O)O. The van der Waals surface area contributed by atoms with Gasteiger partial charge in [-0.25, -0.2) is 4.79 Å². The van der Waals surface area contributed by atoms with E-state index in [0.717, 1.165) is 12.8 Å². The highest BCUT2D eigenvalue weighted by molar-refractivity contribution is 5.95. The van der Waals surface area contributed by atoms with Crippen molar-refractivity contribution in [3.8, 4) is 0 Å². The van der Waals surface area contributed by atoms with Crippen molar-refractivity contribution in [2.45, 2.75) is 45.2 Å². The summed E-state index contributed by atoms with van der Waals surface area (Å²) in [5.41, 5.74) is 0. The Morgan fingerprint density at radius 2 is 1.89 bits per heavy atom. The van der Waals surface area contributed by atoms with Gasteiger partial charge in [-0.3, -0.25) is 20.2 Å². The molecule has 0 aromatic carbocycles. The van der Waals surface area contributed by atoms with Crippen molar-refractivity contribution in [1.82, 2.24) is 16.0 Å². The number of carboxylic acid groups (broad SMARTS) is 1. The third-order valence-electron chi connectivity index (χ3n) is 2.68. The number of hydrogen-bond acceptors (Lipinski definition) is 4. The van der Waals surface area contributed by atoms with Crippen molar-refractivity contribution in [3.05, 3.63) is 0 Å². The zero-order valence-electron chi connectivity index (χ0n) is 11.2. The molecule has 0 aromatic rings. The summed E-state index contributed by atoms with van der Waals surface area (Å²) in [4.78, 5) is 33.7. The van der Waals surface area contributed by atoms with Crippen LogP contribution < -0.4 is 16.0 Å². The minimum atomic E-state index is -0.996. The van der Waals surface area contributed by atoms with Crippen molar-refractivity contribution in [3.63, 3.8) is 0 Å². The Bertz CT molecular complexity index is 353. The van der Waals surface area contributed by atoms with Crippen LogP contribution in [-0.2, 0) is 9.59 Å². The van der Waals surface area contributed by atoms with Crippen LogP contribution in [0.25, 0.3) is 0 Å². The molecule has 0 radical (unpaired) electrons. The molecule has 7 heteroatoms. The van der Waals surface area contributed by atoms with E-state index >= 15 is 0 Å². The van der Waals surface area contributed by atoms with Gasteiger partial charge in [-0.15, -0.1) is 0 Å². The largest absolute Gasteiger partial charge is 0.480 e. The Morgan fingerprint density at radius 3 is 2.37 bits per heavy atom. The van der Waals surface area contributed by atoms with Crippen LogP contribution in [0.3, 0.4) is 0 Å². The Kier molecular flexibility index (Phi) is 5.75. The Balaban J connectivity index is 2.25. The minimum absolute atomic E-state index is 0.175. The van der Waals surface area contributed by atoms with E-state index in [-0.39, 0.29) is 18.5 Å². The molecule has 3 amide bonds. The normalized spacial score (nSPS) is 15.9. The van der Waals surface area contributed by atoms with E-state index in [9.17, 15) is 14.4 Å². The van der Waals surface area contributed by atoms with Gasteiger partial charge in [0.15, 0.2) is 0 Å². The summed E-state index contributed by atoms with van der Waals surface area (Å²) in [6.07, 6.45) is 2.31. The first kappa shape index (κ1) is 15.4. The van der Waals surface area contributed by atoms with E-state index in [0.29, 0.717) is 6.42 Å². The van der Waals surface area contributed by atoms with Crippen molar-refractivity contribution in [1.29, 1.82) is 0 Å². The predicted molar refractivity (Wildman–Crippen MR) is 68.6 cm³/mol. The fourth-order valence-electron chi connectivity index (χ4n) is 1.58. The molecule has 0 heterocycles. The molecule has 1 aliphatic rings. The van der Waals surface area contributed by atoms with Crippen molar-refractivity contribution < 1.29 is 19.5 Å². The monoisotopic (exact) mass is 271 g/mol. The fourth-order valence-corrected chi connectivity index (χ4v) is 1.58. The molecule has 0 aliphatic heterocycles. The van der Waals surface area contributed by atoms with Crippen LogP contribution in [-0.4, -0.2) is 41.6 Å². The summed E-state index contributed by atoms with van der Waals surface area (Å²) in [5, 5.41) is 16.4. The number of urea groups is 1. The second kappa shape index (κ2) is 7.08. The molecule has 7 nitrogen and oxygen atoms in total. The molecular formula is C12H21N3O4. The topological polar surface area (TPSA) is 108 Å². The first-order valence-corrected chi connectivity index (χ1v) is 6.45. The number of imide groups is 1. The van der Waals surface area contributed by atoms with Gasteiger partial charge in [-0.2, -0.15) is 0 Å². The van der Waals surface area contributed by atoms with Gasteiger partial charge < -0.3 is 10.4 Å². The lowest BCUT2D eigenvalue weighted by Crippen LogP contribution is -2.47. The average molecular weight is 271 g/mol. The zero-order chi connectivity index (χ0) is 14.4. The highest BCUT2D eigenvalue weighted by Crippen LogP contribution is 2.18. The van der Waals surface area contributed by atoms with Crippen LogP contribution in [0.2, 0.25) is 0 Å². The van der Waals surface area contributed by atoms with Gasteiger partial charge in [0.25, 0.3) is 0 Å². The molecule has 1 fully saturated rings.